The van der Waals surface area contributed by atoms with Crippen molar-refractivity contribution >= 4 is 17.3 Å². The Hall–Kier alpha value is -1.99. The Morgan fingerprint density at radius 1 is 1.58 bits per heavy atom. The Labute approximate surface area is 109 Å². The number of nitro groups is 1. The molecule has 2 atom stereocenters. The molecule has 0 spiro atoms. The number of aliphatic hydroxyl groups is 1. The number of rotatable bonds is 3. The second-order valence-corrected chi connectivity index (χ2v) is 4.60. The van der Waals surface area contributed by atoms with E-state index in [-0.39, 0.29) is 11.6 Å². The van der Waals surface area contributed by atoms with Gasteiger partial charge >= 0.3 is 0 Å². The summed E-state index contributed by atoms with van der Waals surface area (Å²) in [4.78, 5) is 22.1. The lowest BCUT2D eigenvalue weighted by Gasteiger charge is -2.12. The highest BCUT2D eigenvalue weighted by Gasteiger charge is 2.28. The number of non-ortho nitro benzene ring substituents is 1. The monoisotopic (exact) mass is 265 g/mol. The van der Waals surface area contributed by atoms with E-state index in [1.807, 2.05) is 0 Å². The number of nitrogens with one attached hydrogen (secondary N) is 2. The molecule has 1 fully saturated rings. The smallest absolute Gasteiger partial charge is 0.271 e. The third-order valence-corrected chi connectivity index (χ3v) is 3.11. The van der Waals surface area contributed by atoms with Crippen molar-refractivity contribution in [3.05, 3.63) is 33.9 Å². The van der Waals surface area contributed by atoms with E-state index in [9.17, 15) is 20.0 Å². The number of hydrogen-bond acceptors (Lipinski definition) is 5. The lowest BCUT2D eigenvalue weighted by molar-refractivity contribution is -0.384. The molecule has 1 saturated heterocycles. The Bertz CT molecular complexity index is 518. The van der Waals surface area contributed by atoms with E-state index in [1.165, 1.54) is 12.1 Å². The number of benzene rings is 1. The van der Waals surface area contributed by atoms with E-state index < -0.39 is 17.1 Å². The fraction of sp³-hybridized carbons (Fsp3) is 0.417. The van der Waals surface area contributed by atoms with Gasteiger partial charge in [-0.2, -0.15) is 0 Å². The van der Waals surface area contributed by atoms with Crippen LogP contribution < -0.4 is 10.6 Å². The average Bonchev–Trinajstić information content (AvgIpc) is 2.78. The van der Waals surface area contributed by atoms with Crippen molar-refractivity contribution in [2.24, 2.45) is 0 Å². The number of carbonyl (C=O) groups is 1. The number of amides is 1. The molecule has 0 aliphatic carbocycles. The molecule has 2 unspecified atom stereocenters. The van der Waals surface area contributed by atoms with Gasteiger partial charge in [0.1, 0.15) is 0 Å². The van der Waals surface area contributed by atoms with E-state index in [4.69, 9.17) is 0 Å². The molecule has 1 aliphatic rings. The second-order valence-electron chi connectivity index (χ2n) is 4.60. The standard InChI is InChI=1S/C12H15N3O4/c1-7-2-3-8(15(18)19)4-10(7)14-12(17)11-5-9(16)6-13-11/h2-4,9,11,13,16H,5-6H2,1H3,(H,14,17). The molecule has 19 heavy (non-hydrogen) atoms. The van der Waals surface area contributed by atoms with Crippen LogP contribution in [0.2, 0.25) is 0 Å². The Balaban J connectivity index is 2.12. The van der Waals surface area contributed by atoms with E-state index in [0.29, 0.717) is 18.7 Å². The van der Waals surface area contributed by atoms with Crippen LogP contribution in [0.25, 0.3) is 0 Å². The zero-order chi connectivity index (χ0) is 14.0. The van der Waals surface area contributed by atoms with Crippen LogP contribution in [0.4, 0.5) is 11.4 Å². The van der Waals surface area contributed by atoms with Gasteiger partial charge in [0.25, 0.3) is 5.69 Å². The van der Waals surface area contributed by atoms with Crippen LogP contribution in [-0.4, -0.2) is 34.6 Å². The molecule has 7 heteroatoms. The maximum absolute atomic E-state index is 11.9. The zero-order valence-corrected chi connectivity index (χ0v) is 10.4. The summed E-state index contributed by atoms with van der Waals surface area (Å²) in [6, 6.07) is 3.85. The number of nitro benzene ring substituents is 1. The molecule has 2 rings (SSSR count). The summed E-state index contributed by atoms with van der Waals surface area (Å²) in [5, 5.41) is 25.6. The maximum atomic E-state index is 11.9. The summed E-state index contributed by atoms with van der Waals surface area (Å²) < 4.78 is 0. The third-order valence-electron chi connectivity index (χ3n) is 3.11. The number of aryl methyl sites for hydroxylation is 1. The molecular formula is C12H15N3O4. The number of carbonyl (C=O) groups excluding carboxylic acids is 1. The minimum absolute atomic E-state index is 0.0692. The minimum atomic E-state index is -0.526. The van der Waals surface area contributed by atoms with Gasteiger partial charge in [-0.3, -0.25) is 14.9 Å². The highest BCUT2D eigenvalue weighted by molar-refractivity contribution is 5.96. The maximum Gasteiger partial charge on any atom is 0.271 e. The molecule has 1 heterocycles. The highest BCUT2D eigenvalue weighted by Crippen LogP contribution is 2.22. The summed E-state index contributed by atoms with van der Waals surface area (Å²) in [5.41, 5.74) is 1.10. The van der Waals surface area contributed by atoms with E-state index in [2.05, 4.69) is 10.6 Å². The van der Waals surface area contributed by atoms with Gasteiger partial charge in [-0.1, -0.05) is 6.07 Å². The molecule has 0 radical (unpaired) electrons. The fourth-order valence-electron chi connectivity index (χ4n) is 1.99. The molecular weight excluding hydrogens is 250 g/mol. The van der Waals surface area contributed by atoms with Crippen molar-refractivity contribution in [1.82, 2.24) is 5.32 Å². The van der Waals surface area contributed by atoms with Crippen LogP contribution in [0.3, 0.4) is 0 Å². The molecule has 3 N–H and O–H groups in total. The lowest BCUT2D eigenvalue weighted by Crippen LogP contribution is -2.35. The first kappa shape index (κ1) is 13.4. The molecule has 1 aliphatic heterocycles. The first-order chi connectivity index (χ1) is 8.97. The van der Waals surface area contributed by atoms with Gasteiger partial charge < -0.3 is 15.7 Å². The normalized spacial score (nSPS) is 22.2. The van der Waals surface area contributed by atoms with Crippen molar-refractivity contribution in [1.29, 1.82) is 0 Å². The molecule has 7 nitrogen and oxygen atoms in total. The van der Waals surface area contributed by atoms with Crippen LogP contribution in [0.5, 0.6) is 0 Å². The summed E-state index contributed by atoms with van der Waals surface area (Å²) in [5.74, 6) is -0.292. The summed E-state index contributed by atoms with van der Waals surface area (Å²) >= 11 is 0. The first-order valence-corrected chi connectivity index (χ1v) is 5.94. The average molecular weight is 265 g/mol. The van der Waals surface area contributed by atoms with Gasteiger partial charge in [0.15, 0.2) is 0 Å². The van der Waals surface area contributed by atoms with Crippen LogP contribution in [0, 0.1) is 17.0 Å². The lowest BCUT2D eigenvalue weighted by atomic mass is 10.1. The van der Waals surface area contributed by atoms with Crippen LogP contribution in [-0.2, 0) is 4.79 Å². The van der Waals surface area contributed by atoms with Gasteiger partial charge in [-0.05, 0) is 18.9 Å². The van der Waals surface area contributed by atoms with Gasteiger partial charge in [0, 0.05) is 18.7 Å². The highest BCUT2D eigenvalue weighted by atomic mass is 16.6. The molecule has 0 saturated carbocycles. The Morgan fingerprint density at radius 2 is 2.32 bits per heavy atom. The largest absolute Gasteiger partial charge is 0.392 e. The predicted molar refractivity (Wildman–Crippen MR) is 68.9 cm³/mol. The second kappa shape index (κ2) is 5.33. The minimum Gasteiger partial charge on any atom is -0.392 e. The summed E-state index contributed by atoms with van der Waals surface area (Å²) in [7, 11) is 0. The van der Waals surface area contributed by atoms with Crippen molar-refractivity contribution in [2.45, 2.75) is 25.5 Å². The van der Waals surface area contributed by atoms with Crippen LogP contribution in [0.1, 0.15) is 12.0 Å². The molecule has 1 amide bonds. The van der Waals surface area contributed by atoms with E-state index >= 15 is 0 Å². The van der Waals surface area contributed by atoms with E-state index in [0.717, 1.165) is 5.56 Å². The number of anilines is 1. The number of hydrogen-bond donors (Lipinski definition) is 3. The zero-order valence-electron chi connectivity index (χ0n) is 10.4. The van der Waals surface area contributed by atoms with Crippen molar-refractivity contribution in [3.63, 3.8) is 0 Å². The molecule has 1 aromatic rings. The topological polar surface area (TPSA) is 105 Å². The number of β-amino-alcohol motifs (C(OH)–C–C–N with tert-alkyl or cyclic N) is 1. The van der Waals surface area contributed by atoms with E-state index in [1.54, 1.807) is 13.0 Å². The van der Waals surface area contributed by atoms with Gasteiger partial charge in [0.2, 0.25) is 5.91 Å². The van der Waals surface area contributed by atoms with Gasteiger partial charge in [-0.15, -0.1) is 0 Å². The van der Waals surface area contributed by atoms with Crippen molar-refractivity contribution in [2.75, 3.05) is 11.9 Å². The molecule has 0 aromatic heterocycles. The molecule has 102 valence electrons. The molecule has 1 aromatic carbocycles. The predicted octanol–water partition coefficient (Wildman–Crippen LogP) is 0.565. The Kier molecular flexibility index (Phi) is 3.77. The fourth-order valence-corrected chi connectivity index (χ4v) is 1.99. The quantitative estimate of drug-likeness (QED) is 0.547. The van der Waals surface area contributed by atoms with Crippen molar-refractivity contribution < 1.29 is 14.8 Å². The van der Waals surface area contributed by atoms with Gasteiger partial charge in [-0.25, -0.2) is 0 Å². The van der Waals surface area contributed by atoms with Crippen LogP contribution >= 0.6 is 0 Å². The SMILES string of the molecule is Cc1ccc([N+](=O)[O-])cc1NC(=O)C1CC(O)CN1. The number of aliphatic hydroxyl groups excluding tert-OH is 1. The number of nitrogens with zero attached hydrogens (tertiary/aromatic N) is 1. The van der Waals surface area contributed by atoms with Gasteiger partial charge in [0.05, 0.1) is 22.8 Å². The summed E-state index contributed by atoms with van der Waals surface area (Å²) in [6.45, 7) is 2.14. The van der Waals surface area contributed by atoms with Crippen LogP contribution in [0.15, 0.2) is 18.2 Å². The first-order valence-electron chi connectivity index (χ1n) is 5.94. The third kappa shape index (κ3) is 3.07. The van der Waals surface area contributed by atoms with Crippen molar-refractivity contribution in [3.8, 4) is 0 Å². The Morgan fingerprint density at radius 3 is 2.89 bits per heavy atom. The molecule has 0 bridgehead atoms. The summed E-state index contributed by atoms with van der Waals surface area (Å²) in [6.07, 6.45) is -0.179.